The van der Waals surface area contributed by atoms with Crippen molar-refractivity contribution in [3.8, 4) is 66.8 Å². The van der Waals surface area contributed by atoms with Gasteiger partial charge < -0.3 is 0 Å². The standard InChI is InChI=1S/C132H126O3/c1-7-13-19-25-76-130(77-26-20-14-8-2)112-82-100(85-40-52-97(53-41-85)127(133)106-70-61-94-49-46-88-34-31-37-91-58-67-103(106)118(94)115(88)91)64-73-109(112)121-124(130)122-110-74-65-101(86-42-54-98(55-43-86)128(134)107-71-62-95-50-47-89-35-32-38-92-59-68-104(107)119(95)116(89)92)83-113(110)131(78-27-21-15-9-3,79-28-22-16-10-4)126(122)123-111-75-66-102(84-114(111)132(125(121)123,80-29-23-17-11-5)81-30-24-18-12-6)87-44-56-99(57-45-87)129(135)108-72-63-96-51-48-90-36-33-39-93-60-69-105(108)120(96)117(90)93/h31-75,82-84H,7-30,76-81H2,1-6H3. The Bertz CT molecular complexity index is 6910. The molecule has 135 heavy (non-hydrogen) atoms. The zero-order chi connectivity index (χ0) is 91.6. The summed E-state index contributed by atoms with van der Waals surface area (Å²) in [7, 11) is 0. The first-order chi connectivity index (χ1) is 66.4. The van der Waals surface area contributed by atoms with Crippen molar-refractivity contribution in [1.82, 2.24) is 0 Å². The molecule has 3 nitrogen and oxygen atoms in total. The van der Waals surface area contributed by atoms with E-state index in [1.165, 1.54) is 192 Å². The Morgan fingerprint density at radius 2 is 0.407 bits per heavy atom. The minimum Gasteiger partial charge on any atom is -0.289 e. The van der Waals surface area contributed by atoms with Crippen molar-refractivity contribution in [2.45, 2.75) is 250 Å². The number of hydrogen-bond donors (Lipinski definition) is 0. The lowest BCUT2D eigenvalue weighted by atomic mass is 9.63. The van der Waals surface area contributed by atoms with Crippen molar-refractivity contribution < 1.29 is 14.4 Å². The molecule has 0 atom stereocenters. The minimum absolute atomic E-state index is 0.0487. The van der Waals surface area contributed by atoms with E-state index in [2.05, 4.69) is 333 Å². The fraction of sp³-hybridized carbons (Fsp3) is 0.295. The second-order valence-electron chi connectivity index (χ2n) is 40.8. The molecule has 0 unspecified atom stereocenters. The number of fused-ring (bicyclic) bond motifs is 12. The van der Waals surface area contributed by atoms with Crippen LogP contribution in [0.25, 0.3) is 164 Å². The van der Waals surface area contributed by atoms with Crippen molar-refractivity contribution in [2.75, 3.05) is 0 Å². The molecule has 0 saturated heterocycles. The molecule has 0 aliphatic heterocycles. The summed E-state index contributed by atoms with van der Waals surface area (Å²) in [6.45, 7) is 14.3. The lowest BCUT2D eigenvalue weighted by Crippen LogP contribution is -2.31. The van der Waals surface area contributed by atoms with E-state index in [0.29, 0.717) is 16.7 Å². The van der Waals surface area contributed by atoms with E-state index >= 15 is 14.4 Å². The highest BCUT2D eigenvalue weighted by molar-refractivity contribution is 6.31. The summed E-state index contributed by atoms with van der Waals surface area (Å²) in [4.78, 5) is 46.2. The molecule has 19 aromatic rings. The summed E-state index contributed by atoms with van der Waals surface area (Å²) in [5.41, 5.74) is 28.6. The third-order valence-corrected chi connectivity index (χ3v) is 32.9. The van der Waals surface area contributed by atoms with Crippen LogP contribution in [0.5, 0.6) is 0 Å². The molecule has 3 heteroatoms. The van der Waals surface area contributed by atoms with Gasteiger partial charge in [0.1, 0.15) is 0 Å². The Balaban J connectivity index is 0.765. The van der Waals surface area contributed by atoms with Gasteiger partial charge in [0, 0.05) is 49.6 Å². The zero-order valence-corrected chi connectivity index (χ0v) is 80.2. The fourth-order valence-corrected chi connectivity index (χ4v) is 26.2. The maximum Gasteiger partial charge on any atom is 0.193 e. The molecule has 3 aliphatic rings. The number of unbranched alkanes of at least 4 members (excludes halogenated alkanes) is 18. The molecular formula is C132H126O3. The molecule has 19 aromatic carbocycles. The van der Waals surface area contributed by atoms with Gasteiger partial charge in [0.25, 0.3) is 0 Å². The van der Waals surface area contributed by atoms with Crippen molar-refractivity contribution in [3.63, 3.8) is 0 Å². The van der Waals surface area contributed by atoms with Gasteiger partial charge in [-0.05, 0) is 272 Å². The molecule has 0 N–H and O–H groups in total. The maximum absolute atomic E-state index is 15.4. The van der Waals surface area contributed by atoms with Gasteiger partial charge >= 0.3 is 0 Å². The number of carbonyl (C=O) groups is 3. The summed E-state index contributed by atoms with van der Waals surface area (Å²) in [5.74, 6) is 0.146. The van der Waals surface area contributed by atoms with Crippen LogP contribution in [0.15, 0.2) is 291 Å². The van der Waals surface area contributed by atoms with Crippen LogP contribution < -0.4 is 0 Å². The van der Waals surface area contributed by atoms with E-state index in [1.54, 1.807) is 16.7 Å². The Morgan fingerprint density at radius 3 is 0.637 bits per heavy atom. The quantitative estimate of drug-likeness (QED) is 0.0219. The van der Waals surface area contributed by atoms with Crippen LogP contribution in [0.1, 0.15) is 315 Å². The molecule has 672 valence electrons. The van der Waals surface area contributed by atoms with Crippen molar-refractivity contribution in [3.05, 3.63) is 358 Å². The minimum atomic E-state index is -0.368. The number of carbonyl (C=O) groups excluding carboxylic acids is 3. The van der Waals surface area contributed by atoms with Crippen LogP contribution in [-0.2, 0) is 16.2 Å². The van der Waals surface area contributed by atoms with Crippen molar-refractivity contribution >= 4 is 114 Å². The maximum atomic E-state index is 15.4. The lowest BCUT2D eigenvalue weighted by molar-refractivity contribution is 0.103. The summed E-state index contributed by atoms with van der Waals surface area (Å²) in [6, 6.07) is 108. The van der Waals surface area contributed by atoms with Gasteiger partial charge in [0.15, 0.2) is 17.3 Å². The molecule has 0 spiro atoms. The van der Waals surface area contributed by atoms with Crippen molar-refractivity contribution in [2.24, 2.45) is 0 Å². The van der Waals surface area contributed by atoms with Crippen LogP contribution >= 0.6 is 0 Å². The average molecular weight is 1760 g/mol. The van der Waals surface area contributed by atoms with Crippen LogP contribution in [-0.4, -0.2) is 17.3 Å². The first kappa shape index (κ1) is 87.6. The summed E-state index contributed by atoms with van der Waals surface area (Å²) in [6.07, 6.45) is 34.3. The van der Waals surface area contributed by atoms with Crippen LogP contribution in [0.2, 0.25) is 0 Å². The third-order valence-electron chi connectivity index (χ3n) is 32.9. The molecule has 0 aromatic heterocycles. The highest BCUT2D eigenvalue weighted by Crippen LogP contribution is 2.72. The molecule has 0 heterocycles. The zero-order valence-electron chi connectivity index (χ0n) is 80.2. The molecule has 0 bridgehead atoms. The first-order valence-corrected chi connectivity index (χ1v) is 52.1. The monoisotopic (exact) mass is 1760 g/mol. The predicted molar refractivity (Wildman–Crippen MR) is 575 cm³/mol. The van der Waals surface area contributed by atoms with Crippen LogP contribution in [0, 0.1) is 0 Å². The molecule has 0 fully saturated rings. The van der Waals surface area contributed by atoms with Gasteiger partial charge in [-0.15, -0.1) is 0 Å². The smallest absolute Gasteiger partial charge is 0.193 e. The van der Waals surface area contributed by atoms with Gasteiger partial charge in [-0.1, -0.05) is 450 Å². The Kier molecular flexibility index (Phi) is 23.9. The summed E-state index contributed by atoms with van der Waals surface area (Å²) in [5, 5.41) is 20.8. The Hall–Kier alpha value is -12.7. The lowest BCUT2D eigenvalue weighted by Gasteiger charge is -2.40. The van der Waals surface area contributed by atoms with Gasteiger partial charge in [0.05, 0.1) is 0 Å². The fourth-order valence-electron chi connectivity index (χ4n) is 26.2. The highest BCUT2D eigenvalue weighted by atomic mass is 16.1. The van der Waals surface area contributed by atoms with Gasteiger partial charge in [0.2, 0.25) is 0 Å². The first-order valence-electron chi connectivity index (χ1n) is 52.1. The van der Waals surface area contributed by atoms with E-state index in [9.17, 15) is 0 Å². The predicted octanol–water partition coefficient (Wildman–Crippen LogP) is 37.7. The van der Waals surface area contributed by atoms with E-state index in [0.717, 1.165) is 197 Å². The number of hydrogen-bond acceptors (Lipinski definition) is 3. The third kappa shape index (κ3) is 14.8. The van der Waals surface area contributed by atoms with Gasteiger partial charge in [-0.3, -0.25) is 14.4 Å². The largest absolute Gasteiger partial charge is 0.289 e. The number of rotatable bonds is 39. The second kappa shape index (κ2) is 36.8. The average Bonchev–Trinajstić information content (AvgIpc) is 1.48. The van der Waals surface area contributed by atoms with E-state index in [4.69, 9.17) is 0 Å². The number of benzene rings is 19. The number of ketones is 3. The molecule has 3 aliphatic carbocycles. The summed E-state index contributed by atoms with van der Waals surface area (Å²) >= 11 is 0. The molecule has 0 radical (unpaired) electrons. The molecule has 22 rings (SSSR count). The van der Waals surface area contributed by atoms with E-state index in [1.807, 2.05) is 0 Å². The molecular weight excluding hydrogens is 1630 g/mol. The second-order valence-corrected chi connectivity index (χ2v) is 40.8. The SMILES string of the molecule is CCCCCCC1(CCCCCC)c2cc(-c3ccc(C(=O)c4ccc5ccc6cccc7ccc4c5c67)cc3)ccc2-c2c1c1c(c3c2C(CCCCCC)(CCCCCC)c2cc(-c4ccc(C(=O)c5ccc6ccc7cccc8ccc5c6c78)cc4)ccc2-3)C(CCCCCC)(CCCCCC)c2cc(-c3ccc(C(=O)c4ccc5ccc6cccc7ccc4c5c67)cc3)ccc2-1. The Labute approximate surface area is 798 Å². The molecule has 0 amide bonds. The van der Waals surface area contributed by atoms with E-state index < -0.39 is 0 Å². The topological polar surface area (TPSA) is 51.2 Å². The summed E-state index contributed by atoms with van der Waals surface area (Å²) < 4.78 is 0. The van der Waals surface area contributed by atoms with Crippen LogP contribution in [0.3, 0.4) is 0 Å². The highest BCUT2D eigenvalue weighted by Gasteiger charge is 2.58. The normalized spacial score (nSPS) is 13.8. The Morgan fingerprint density at radius 1 is 0.200 bits per heavy atom. The van der Waals surface area contributed by atoms with Gasteiger partial charge in [-0.2, -0.15) is 0 Å². The van der Waals surface area contributed by atoms with Crippen molar-refractivity contribution in [1.29, 1.82) is 0 Å². The molecule has 0 saturated carbocycles. The van der Waals surface area contributed by atoms with Crippen LogP contribution in [0.4, 0.5) is 0 Å². The van der Waals surface area contributed by atoms with E-state index in [-0.39, 0.29) is 33.6 Å². The van der Waals surface area contributed by atoms with Gasteiger partial charge in [-0.25, -0.2) is 0 Å².